The maximum Gasteiger partial charge on any atom is 0.330 e. The Kier molecular flexibility index (Phi) is 5.68. The molecule has 0 saturated carbocycles. The molecular formula is C11H19NO2. The van der Waals surface area contributed by atoms with E-state index in [1.54, 1.807) is 0 Å². The number of nitrogens with two attached hydrogens (primary N) is 1. The minimum absolute atomic E-state index is 0.0638. The fraction of sp³-hybridized carbons (Fsp3) is 0.545. The molecule has 0 aromatic heterocycles. The van der Waals surface area contributed by atoms with E-state index in [-0.39, 0.29) is 11.8 Å². The lowest BCUT2D eigenvalue weighted by molar-refractivity contribution is -0.131. The molecule has 0 rings (SSSR count). The molecule has 0 aromatic rings. The van der Waals surface area contributed by atoms with Crippen LogP contribution in [0.2, 0.25) is 0 Å². The highest BCUT2D eigenvalue weighted by Crippen LogP contribution is 2.17. The average Bonchev–Trinajstić information content (AvgIpc) is 2.11. The predicted octanol–water partition coefficient (Wildman–Crippen LogP) is 2.15. The van der Waals surface area contributed by atoms with Gasteiger partial charge in [-0.15, -0.1) is 0 Å². The summed E-state index contributed by atoms with van der Waals surface area (Å²) in [5.74, 6) is -0.652. The van der Waals surface area contributed by atoms with Gasteiger partial charge in [-0.3, -0.25) is 0 Å². The zero-order chi connectivity index (χ0) is 11.1. The van der Waals surface area contributed by atoms with Crippen molar-refractivity contribution in [2.45, 2.75) is 27.2 Å². The Balaban J connectivity index is 4.37. The predicted molar refractivity (Wildman–Crippen MR) is 57.7 cm³/mol. The van der Waals surface area contributed by atoms with Crippen LogP contribution in [0.25, 0.3) is 0 Å². The smallest absolute Gasteiger partial charge is 0.330 e. The van der Waals surface area contributed by atoms with Crippen LogP contribution in [-0.2, 0) is 4.79 Å². The summed E-state index contributed by atoms with van der Waals surface area (Å²) in [5, 5.41) is 8.52. The molecule has 0 bridgehead atoms. The molecule has 3 N–H and O–H groups in total. The molecule has 80 valence electrons. The molecule has 0 radical (unpaired) electrons. The molecule has 0 spiro atoms. The highest BCUT2D eigenvalue weighted by atomic mass is 16.4. The third-order valence-corrected chi connectivity index (χ3v) is 2.28. The Labute approximate surface area is 85.3 Å². The summed E-state index contributed by atoms with van der Waals surface area (Å²) in [5.41, 5.74) is 6.06. The second kappa shape index (κ2) is 6.24. The largest absolute Gasteiger partial charge is 0.478 e. The molecule has 0 aromatic carbocycles. The first-order chi connectivity index (χ1) is 6.49. The van der Waals surface area contributed by atoms with Crippen LogP contribution in [0.3, 0.4) is 0 Å². The monoisotopic (exact) mass is 197 g/mol. The lowest BCUT2D eigenvalue weighted by Gasteiger charge is -2.16. The maximum absolute atomic E-state index is 10.4. The van der Waals surface area contributed by atoms with Gasteiger partial charge in [0.2, 0.25) is 0 Å². The quantitative estimate of drug-likeness (QED) is 0.524. The molecule has 14 heavy (non-hydrogen) atoms. The maximum atomic E-state index is 10.4. The van der Waals surface area contributed by atoms with Crippen molar-refractivity contribution >= 4 is 5.97 Å². The third-order valence-electron chi connectivity index (χ3n) is 2.28. The normalized spacial score (nSPS) is 16.9. The van der Waals surface area contributed by atoms with Crippen LogP contribution in [0.15, 0.2) is 23.9 Å². The fourth-order valence-electron chi connectivity index (χ4n) is 1.09. The molecule has 3 heteroatoms. The van der Waals surface area contributed by atoms with E-state index in [1.807, 2.05) is 13.8 Å². The molecule has 0 fully saturated rings. The van der Waals surface area contributed by atoms with Crippen LogP contribution in [0.4, 0.5) is 0 Å². The molecule has 0 aliphatic heterocycles. The van der Waals surface area contributed by atoms with Crippen molar-refractivity contribution in [2.75, 3.05) is 0 Å². The van der Waals surface area contributed by atoms with Crippen LogP contribution in [-0.4, -0.2) is 11.1 Å². The molecule has 3 nitrogen and oxygen atoms in total. The topological polar surface area (TPSA) is 63.3 Å². The van der Waals surface area contributed by atoms with Crippen LogP contribution in [0.1, 0.15) is 27.2 Å². The van der Waals surface area contributed by atoms with Crippen molar-refractivity contribution in [3.63, 3.8) is 0 Å². The van der Waals surface area contributed by atoms with Crippen LogP contribution in [0.5, 0.6) is 0 Å². The second-order valence-corrected chi connectivity index (χ2v) is 3.47. The third kappa shape index (κ3) is 4.70. The molecule has 0 saturated heterocycles. The number of aliphatic carboxylic acids is 1. The Hall–Kier alpha value is -1.25. The zero-order valence-corrected chi connectivity index (χ0v) is 9.03. The lowest BCUT2D eigenvalue weighted by atomic mass is 9.92. The number of allylic oxidation sites excluding steroid dienone is 3. The van der Waals surface area contributed by atoms with E-state index in [0.29, 0.717) is 5.70 Å². The minimum Gasteiger partial charge on any atom is -0.478 e. The summed E-state index contributed by atoms with van der Waals surface area (Å²) in [6, 6.07) is 0. The van der Waals surface area contributed by atoms with Gasteiger partial charge < -0.3 is 10.8 Å². The van der Waals surface area contributed by atoms with E-state index in [4.69, 9.17) is 10.8 Å². The van der Waals surface area contributed by atoms with Crippen molar-refractivity contribution < 1.29 is 9.90 Å². The first-order valence-corrected chi connectivity index (χ1v) is 4.85. The van der Waals surface area contributed by atoms with Gasteiger partial charge in [0.1, 0.15) is 0 Å². The first-order valence-electron chi connectivity index (χ1n) is 4.85. The summed E-state index contributed by atoms with van der Waals surface area (Å²) >= 11 is 0. The van der Waals surface area contributed by atoms with Gasteiger partial charge in [-0.25, -0.2) is 4.79 Å². The van der Waals surface area contributed by atoms with Crippen LogP contribution in [0, 0.1) is 11.8 Å². The second-order valence-electron chi connectivity index (χ2n) is 3.47. The number of carboxylic acids is 1. The summed E-state index contributed by atoms with van der Waals surface area (Å²) in [6.45, 7) is 6.02. The molecule has 0 amide bonds. The van der Waals surface area contributed by atoms with E-state index < -0.39 is 5.97 Å². The molecule has 0 heterocycles. The summed E-state index contributed by atoms with van der Waals surface area (Å²) < 4.78 is 0. The fourth-order valence-corrected chi connectivity index (χ4v) is 1.09. The van der Waals surface area contributed by atoms with Crippen LogP contribution < -0.4 is 5.73 Å². The van der Waals surface area contributed by atoms with E-state index >= 15 is 0 Å². The van der Waals surface area contributed by atoms with E-state index in [0.717, 1.165) is 12.5 Å². The van der Waals surface area contributed by atoms with E-state index in [9.17, 15) is 4.79 Å². The van der Waals surface area contributed by atoms with Gasteiger partial charge in [0.15, 0.2) is 0 Å². The summed E-state index contributed by atoms with van der Waals surface area (Å²) in [6.07, 6.45) is 6.18. The highest BCUT2D eigenvalue weighted by molar-refractivity contribution is 5.80. The number of carbonyl (C=O) groups is 1. The first kappa shape index (κ1) is 12.8. The van der Waals surface area contributed by atoms with Gasteiger partial charge in [0, 0.05) is 17.7 Å². The Bertz CT molecular complexity index is 244. The van der Waals surface area contributed by atoms with Crippen molar-refractivity contribution in [3.05, 3.63) is 23.9 Å². The zero-order valence-electron chi connectivity index (χ0n) is 9.03. The van der Waals surface area contributed by atoms with Gasteiger partial charge >= 0.3 is 5.97 Å². The molecule has 0 aliphatic carbocycles. The van der Waals surface area contributed by atoms with Gasteiger partial charge in [-0.1, -0.05) is 32.9 Å². The molecule has 2 atom stereocenters. The Morgan fingerprint density at radius 1 is 1.50 bits per heavy atom. The van der Waals surface area contributed by atoms with Crippen molar-refractivity contribution in [3.8, 4) is 0 Å². The van der Waals surface area contributed by atoms with Crippen molar-refractivity contribution in [2.24, 2.45) is 17.6 Å². The molecule has 2 unspecified atom stereocenters. The van der Waals surface area contributed by atoms with Crippen molar-refractivity contribution in [1.29, 1.82) is 0 Å². The van der Waals surface area contributed by atoms with Crippen molar-refractivity contribution in [1.82, 2.24) is 0 Å². The number of rotatable bonds is 5. The Morgan fingerprint density at radius 3 is 2.50 bits per heavy atom. The number of hydrogen-bond acceptors (Lipinski definition) is 2. The Morgan fingerprint density at radius 2 is 2.07 bits per heavy atom. The number of carboxylic acid groups (broad SMARTS) is 1. The number of hydrogen-bond donors (Lipinski definition) is 2. The highest BCUT2D eigenvalue weighted by Gasteiger charge is 2.12. The standard InChI is InChI=1S/C11H19NO2/c1-4-5-6-8(2)9(3)10(12)7-11(13)14/h5-9H,4,12H2,1-3H3,(H,13,14). The lowest BCUT2D eigenvalue weighted by Crippen LogP contribution is -2.16. The minimum atomic E-state index is -0.985. The van der Waals surface area contributed by atoms with Gasteiger partial charge in [-0.2, -0.15) is 0 Å². The van der Waals surface area contributed by atoms with Crippen LogP contribution >= 0.6 is 0 Å². The molecular weight excluding hydrogens is 178 g/mol. The summed E-state index contributed by atoms with van der Waals surface area (Å²) in [7, 11) is 0. The average molecular weight is 197 g/mol. The van der Waals surface area contributed by atoms with Gasteiger partial charge in [0.25, 0.3) is 0 Å². The molecule has 0 aliphatic rings. The SMILES string of the molecule is CCC=CC(C)C(C)C(N)=CC(=O)O. The van der Waals surface area contributed by atoms with E-state index in [1.165, 1.54) is 0 Å². The van der Waals surface area contributed by atoms with E-state index in [2.05, 4.69) is 19.1 Å². The van der Waals surface area contributed by atoms with Gasteiger partial charge in [0.05, 0.1) is 0 Å². The summed E-state index contributed by atoms with van der Waals surface area (Å²) in [4.78, 5) is 10.4. The van der Waals surface area contributed by atoms with Gasteiger partial charge in [-0.05, 0) is 12.3 Å².